The Labute approximate surface area is 119 Å². The molecule has 0 spiro atoms. The zero-order chi connectivity index (χ0) is 13.3. The van der Waals surface area contributed by atoms with Gasteiger partial charge in [-0.15, -0.1) is 0 Å². The highest BCUT2D eigenvalue weighted by Gasteiger charge is 2.47. The van der Waals surface area contributed by atoms with Gasteiger partial charge in [-0.3, -0.25) is 4.90 Å². The highest BCUT2D eigenvalue weighted by atomic mass is 15.3. The summed E-state index contributed by atoms with van der Waals surface area (Å²) in [5.41, 5.74) is 6.69. The van der Waals surface area contributed by atoms with Crippen molar-refractivity contribution in [2.75, 3.05) is 13.1 Å². The number of hydrogen-bond acceptors (Lipinski definition) is 2. The number of nitrogens with two attached hydrogens (primary N) is 1. The first-order valence-electron chi connectivity index (χ1n) is 8.76. The largest absolute Gasteiger partial charge is 0.329 e. The highest BCUT2D eigenvalue weighted by Crippen LogP contribution is 2.49. The fraction of sp³-hybridized carbons (Fsp3) is 1.00. The maximum atomic E-state index is 6.32. The van der Waals surface area contributed by atoms with Crippen LogP contribution >= 0.6 is 0 Å². The fourth-order valence-corrected chi connectivity index (χ4v) is 4.44. The van der Waals surface area contributed by atoms with E-state index in [4.69, 9.17) is 5.73 Å². The molecule has 0 aliphatic heterocycles. The molecule has 0 aromatic heterocycles. The fourth-order valence-electron chi connectivity index (χ4n) is 4.44. The van der Waals surface area contributed by atoms with Gasteiger partial charge in [0.15, 0.2) is 0 Å². The van der Waals surface area contributed by atoms with Gasteiger partial charge in [-0.05, 0) is 63.3 Å². The highest BCUT2D eigenvalue weighted by molar-refractivity contribution is 5.03. The summed E-state index contributed by atoms with van der Waals surface area (Å²) in [5, 5.41) is 0. The summed E-state index contributed by atoms with van der Waals surface area (Å²) in [5.74, 6) is 2.07. The third-order valence-corrected chi connectivity index (χ3v) is 5.88. The Bertz CT molecular complexity index is 296. The molecule has 2 nitrogen and oxygen atoms in total. The first kappa shape index (κ1) is 13.9. The van der Waals surface area contributed by atoms with Gasteiger partial charge in [0, 0.05) is 18.1 Å². The summed E-state index contributed by atoms with van der Waals surface area (Å²) >= 11 is 0. The molecule has 0 aromatic carbocycles. The standard InChI is InChI=1S/C17H32N2/c1-2-3-11-19(16-8-9-16)17(13-18)10-4-5-15(12-17)14-6-7-14/h14-16H,2-13,18H2,1H3. The second-order valence-corrected chi connectivity index (χ2v) is 7.40. The first-order valence-corrected chi connectivity index (χ1v) is 8.76. The second kappa shape index (κ2) is 5.73. The van der Waals surface area contributed by atoms with E-state index in [0.717, 1.165) is 24.4 Å². The zero-order valence-electron chi connectivity index (χ0n) is 12.7. The minimum atomic E-state index is 0.377. The Hall–Kier alpha value is -0.0800. The minimum Gasteiger partial charge on any atom is -0.329 e. The Morgan fingerprint density at radius 3 is 2.47 bits per heavy atom. The van der Waals surface area contributed by atoms with Crippen molar-refractivity contribution in [2.45, 2.75) is 82.7 Å². The van der Waals surface area contributed by atoms with E-state index < -0.39 is 0 Å². The SMILES string of the molecule is CCCCN(C1CC1)C1(CN)CCCC(C2CC2)C1. The molecule has 2 heteroatoms. The van der Waals surface area contributed by atoms with Gasteiger partial charge in [-0.2, -0.15) is 0 Å². The maximum absolute atomic E-state index is 6.32. The topological polar surface area (TPSA) is 29.3 Å². The molecular formula is C17H32N2. The summed E-state index contributed by atoms with van der Waals surface area (Å²) in [6.45, 7) is 4.51. The molecule has 0 heterocycles. The lowest BCUT2D eigenvalue weighted by Gasteiger charge is -2.49. The van der Waals surface area contributed by atoms with Crippen LogP contribution in [0.25, 0.3) is 0 Å². The van der Waals surface area contributed by atoms with Gasteiger partial charge in [0.05, 0.1) is 0 Å². The van der Waals surface area contributed by atoms with Crippen LogP contribution in [0.5, 0.6) is 0 Å². The van der Waals surface area contributed by atoms with E-state index in [1.807, 2.05) is 0 Å². The second-order valence-electron chi connectivity index (χ2n) is 7.40. The molecule has 0 bridgehead atoms. The Kier molecular flexibility index (Phi) is 4.19. The minimum absolute atomic E-state index is 0.377. The lowest BCUT2D eigenvalue weighted by molar-refractivity contribution is 0.0229. The van der Waals surface area contributed by atoms with Gasteiger partial charge in [0.25, 0.3) is 0 Å². The predicted octanol–water partition coefficient (Wildman–Crippen LogP) is 3.55. The van der Waals surface area contributed by atoms with Crippen LogP contribution in [-0.4, -0.2) is 29.6 Å². The van der Waals surface area contributed by atoms with Crippen LogP contribution < -0.4 is 5.73 Å². The van der Waals surface area contributed by atoms with Crippen molar-refractivity contribution in [2.24, 2.45) is 17.6 Å². The molecule has 3 aliphatic rings. The van der Waals surface area contributed by atoms with Crippen LogP contribution in [0.3, 0.4) is 0 Å². The molecule has 3 rings (SSSR count). The van der Waals surface area contributed by atoms with E-state index in [-0.39, 0.29) is 0 Å². The number of rotatable bonds is 7. The van der Waals surface area contributed by atoms with Gasteiger partial charge < -0.3 is 5.73 Å². The molecule has 19 heavy (non-hydrogen) atoms. The van der Waals surface area contributed by atoms with Crippen LogP contribution in [0.15, 0.2) is 0 Å². The summed E-state index contributed by atoms with van der Waals surface area (Å²) < 4.78 is 0. The molecule has 0 radical (unpaired) electrons. The molecule has 2 atom stereocenters. The van der Waals surface area contributed by atoms with Crippen LogP contribution in [0.2, 0.25) is 0 Å². The van der Waals surface area contributed by atoms with Crippen molar-refractivity contribution in [1.29, 1.82) is 0 Å². The lowest BCUT2D eigenvalue weighted by Crippen LogP contribution is -2.57. The Morgan fingerprint density at radius 1 is 1.11 bits per heavy atom. The number of hydrogen-bond donors (Lipinski definition) is 1. The van der Waals surface area contributed by atoms with Crippen molar-refractivity contribution in [3.63, 3.8) is 0 Å². The van der Waals surface area contributed by atoms with E-state index in [9.17, 15) is 0 Å². The molecule has 2 N–H and O–H groups in total. The van der Waals surface area contributed by atoms with E-state index in [1.165, 1.54) is 70.8 Å². The molecule has 0 saturated heterocycles. The van der Waals surface area contributed by atoms with Crippen molar-refractivity contribution >= 4 is 0 Å². The van der Waals surface area contributed by atoms with Crippen LogP contribution in [0.1, 0.15) is 71.1 Å². The van der Waals surface area contributed by atoms with E-state index in [0.29, 0.717) is 5.54 Å². The third-order valence-electron chi connectivity index (χ3n) is 5.88. The maximum Gasteiger partial charge on any atom is 0.0337 e. The van der Waals surface area contributed by atoms with Crippen LogP contribution in [0, 0.1) is 11.8 Å². The molecule has 3 fully saturated rings. The molecule has 3 aliphatic carbocycles. The molecule has 2 unspecified atom stereocenters. The molecule has 110 valence electrons. The molecule has 0 amide bonds. The Balaban J connectivity index is 1.70. The van der Waals surface area contributed by atoms with Crippen molar-refractivity contribution in [3.8, 4) is 0 Å². The van der Waals surface area contributed by atoms with Gasteiger partial charge in [0.2, 0.25) is 0 Å². The normalized spacial score (nSPS) is 35.8. The number of nitrogens with zero attached hydrogens (tertiary/aromatic N) is 1. The van der Waals surface area contributed by atoms with E-state index in [1.54, 1.807) is 0 Å². The summed E-state index contributed by atoms with van der Waals surface area (Å²) in [7, 11) is 0. The van der Waals surface area contributed by atoms with Crippen LogP contribution in [-0.2, 0) is 0 Å². The molecular weight excluding hydrogens is 232 g/mol. The predicted molar refractivity (Wildman–Crippen MR) is 81.1 cm³/mol. The van der Waals surface area contributed by atoms with Gasteiger partial charge >= 0.3 is 0 Å². The van der Waals surface area contributed by atoms with Crippen molar-refractivity contribution < 1.29 is 0 Å². The van der Waals surface area contributed by atoms with Gasteiger partial charge in [0.1, 0.15) is 0 Å². The summed E-state index contributed by atoms with van der Waals surface area (Å²) in [6.07, 6.45) is 14.2. The molecule has 0 aromatic rings. The quantitative estimate of drug-likeness (QED) is 0.762. The smallest absolute Gasteiger partial charge is 0.0337 e. The van der Waals surface area contributed by atoms with Gasteiger partial charge in [-0.1, -0.05) is 26.2 Å². The first-order chi connectivity index (χ1) is 9.29. The summed E-state index contributed by atoms with van der Waals surface area (Å²) in [6, 6.07) is 0.882. The van der Waals surface area contributed by atoms with Gasteiger partial charge in [-0.25, -0.2) is 0 Å². The third kappa shape index (κ3) is 3.00. The van der Waals surface area contributed by atoms with Crippen LogP contribution in [0.4, 0.5) is 0 Å². The average Bonchev–Trinajstić information content (AvgIpc) is 3.31. The zero-order valence-corrected chi connectivity index (χ0v) is 12.7. The molecule has 3 saturated carbocycles. The lowest BCUT2D eigenvalue weighted by atomic mass is 9.72. The number of unbranched alkanes of at least 4 members (excludes halogenated alkanes) is 1. The van der Waals surface area contributed by atoms with E-state index >= 15 is 0 Å². The monoisotopic (exact) mass is 264 g/mol. The van der Waals surface area contributed by atoms with E-state index in [2.05, 4.69) is 11.8 Å². The Morgan fingerprint density at radius 2 is 1.89 bits per heavy atom. The summed E-state index contributed by atoms with van der Waals surface area (Å²) in [4.78, 5) is 2.87. The average molecular weight is 264 g/mol. The van der Waals surface area contributed by atoms with Crippen molar-refractivity contribution in [3.05, 3.63) is 0 Å². The van der Waals surface area contributed by atoms with Crippen molar-refractivity contribution in [1.82, 2.24) is 4.90 Å².